The largest absolute Gasteiger partial charge is 0.295 e. The molecule has 0 bridgehead atoms. The lowest BCUT2D eigenvalue weighted by Gasteiger charge is -2.05. The Morgan fingerprint density at radius 3 is 1.75 bits per heavy atom. The van der Waals surface area contributed by atoms with E-state index in [1.807, 2.05) is 0 Å². The zero-order chi connectivity index (χ0) is 12.1. The maximum atomic E-state index is 10.8. The Labute approximate surface area is 96.5 Å². The Morgan fingerprint density at radius 2 is 1.44 bits per heavy atom. The van der Waals surface area contributed by atoms with Gasteiger partial charge >= 0.3 is 0 Å². The van der Waals surface area contributed by atoms with Crippen molar-refractivity contribution in [3.63, 3.8) is 0 Å². The van der Waals surface area contributed by atoms with Gasteiger partial charge in [-0.25, -0.2) is 0 Å². The molecule has 86 valence electrons. The van der Waals surface area contributed by atoms with Gasteiger partial charge in [0.25, 0.3) is 0 Å². The molecule has 1 rings (SSSR count). The van der Waals surface area contributed by atoms with Crippen LogP contribution < -0.4 is 10.6 Å². The lowest BCUT2D eigenvalue weighted by atomic mass is 10.7. The summed E-state index contributed by atoms with van der Waals surface area (Å²) in [6, 6.07) is 0. The highest BCUT2D eigenvalue weighted by Crippen LogP contribution is 2.13. The molecule has 1 heterocycles. The SMILES string of the molecule is CSc1nc(NC(C)=O)nc(NC(C)=O)n1. The first-order valence-electron chi connectivity index (χ1n) is 4.36. The fraction of sp³-hybridized carbons (Fsp3) is 0.375. The van der Waals surface area contributed by atoms with Gasteiger partial charge in [0.1, 0.15) is 0 Å². The Morgan fingerprint density at radius 1 is 1.00 bits per heavy atom. The molecule has 16 heavy (non-hydrogen) atoms. The number of nitrogens with one attached hydrogen (secondary N) is 2. The normalized spacial score (nSPS) is 9.69. The molecule has 0 unspecified atom stereocenters. The smallest absolute Gasteiger partial charge is 0.235 e. The van der Waals surface area contributed by atoms with E-state index in [0.717, 1.165) is 0 Å². The zero-order valence-electron chi connectivity index (χ0n) is 9.07. The number of anilines is 2. The fourth-order valence-electron chi connectivity index (χ4n) is 0.874. The molecule has 1 aromatic rings. The number of rotatable bonds is 3. The first-order chi connectivity index (χ1) is 7.51. The molecule has 0 saturated carbocycles. The number of amides is 2. The molecule has 2 amide bonds. The van der Waals surface area contributed by atoms with E-state index in [4.69, 9.17) is 0 Å². The van der Waals surface area contributed by atoms with Gasteiger partial charge in [-0.3, -0.25) is 20.2 Å². The highest BCUT2D eigenvalue weighted by Gasteiger charge is 2.07. The van der Waals surface area contributed by atoms with E-state index in [-0.39, 0.29) is 23.7 Å². The number of aromatic nitrogens is 3. The Kier molecular flexibility index (Phi) is 4.18. The third kappa shape index (κ3) is 3.81. The first-order valence-corrected chi connectivity index (χ1v) is 5.59. The first kappa shape index (κ1) is 12.4. The number of carbonyl (C=O) groups excluding carboxylic acids is 2. The fourth-order valence-corrected chi connectivity index (χ4v) is 1.23. The molecule has 0 aliphatic heterocycles. The van der Waals surface area contributed by atoms with Crippen molar-refractivity contribution in [2.24, 2.45) is 0 Å². The summed E-state index contributed by atoms with van der Waals surface area (Å²) in [4.78, 5) is 33.5. The highest BCUT2D eigenvalue weighted by molar-refractivity contribution is 7.98. The lowest BCUT2D eigenvalue weighted by Crippen LogP contribution is -2.14. The van der Waals surface area contributed by atoms with Crippen LogP contribution in [-0.4, -0.2) is 33.0 Å². The average molecular weight is 241 g/mol. The molecule has 0 spiro atoms. The molecule has 0 aliphatic carbocycles. The summed E-state index contributed by atoms with van der Waals surface area (Å²) in [6.45, 7) is 2.70. The standard InChI is InChI=1S/C8H11N5O2S/c1-4(14)9-6-11-7(10-5(2)15)13-8(12-6)16-3/h1-3H3,(H2,9,10,11,12,13,14,15). The zero-order valence-corrected chi connectivity index (χ0v) is 9.88. The van der Waals surface area contributed by atoms with Crippen molar-refractivity contribution in [1.82, 2.24) is 15.0 Å². The third-order valence-electron chi connectivity index (χ3n) is 1.37. The average Bonchev–Trinajstić information content (AvgIpc) is 2.14. The van der Waals surface area contributed by atoms with Crippen molar-refractivity contribution in [3.05, 3.63) is 0 Å². The number of nitrogens with zero attached hydrogens (tertiary/aromatic N) is 3. The van der Waals surface area contributed by atoms with E-state index >= 15 is 0 Å². The summed E-state index contributed by atoms with van der Waals surface area (Å²) < 4.78 is 0. The molecule has 2 N–H and O–H groups in total. The minimum Gasteiger partial charge on any atom is -0.295 e. The van der Waals surface area contributed by atoms with Crippen LogP contribution in [0, 0.1) is 0 Å². The van der Waals surface area contributed by atoms with E-state index in [2.05, 4.69) is 25.6 Å². The van der Waals surface area contributed by atoms with Gasteiger partial charge < -0.3 is 0 Å². The second-order valence-electron chi connectivity index (χ2n) is 2.83. The van der Waals surface area contributed by atoms with Gasteiger partial charge in [-0.2, -0.15) is 15.0 Å². The summed E-state index contributed by atoms with van der Waals surface area (Å²) in [5, 5.41) is 5.27. The molecule has 0 aliphatic rings. The minimum absolute atomic E-state index is 0.121. The highest BCUT2D eigenvalue weighted by atomic mass is 32.2. The van der Waals surface area contributed by atoms with Crippen LogP contribution in [0.1, 0.15) is 13.8 Å². The summed E-state index contributed by atoms with van der Waals surface area (Å²) in [7, 11) is 0. The van der Waals surface area contributed by atoms with Crippen LogP contribution in [0.15, 0.2) is 5.16 Å². The molecule has 0 fully saturated rings. The molecule has 8 heteroatoms. The summed E-state index contributed by atoms with van der Waals surface area (Å²) in [6.07, 6.45) is 1.78. The monoisotopic (exact) mass is 241 g/mol. The van der Waals surface area contributed by atoms with Crippen LogP contribution in [0.5, 0.6) is 0 Å². The second-order valence-corrected chi connectivity index (χ2v) is 3.61. The van der Waals surface area contributed by atoms with Crippen molar-refractivity contribution >= 4 is 35.5 Å². The number of hydrogen-bond donors (Lipinski definition) is 2. The molecule has 1 aromatic heterocycles. The van der Waals surface area contributed by atoms with Crippen molar-refractivity contribution in [1.29, 1.82) is 0 Å². The van der Waals surface area contributed by atoms with Crippen LogP contribution in [0.3, 0.4) is 0 Å². The van der Waals surface area contributed by atoms with Gasteiger partial charge in [0.15, 0.2) is 5.16 Å². The van der Waals surface area contributed by atoms with Gasteiger partial charge in [-0.15, -0.1) is 0 Å². The molecule has 7 nitrogen and oxygen atoms in total. The van der Waals surface area contributed by atoms with Crippen LogP contribution >= 0.6 is 11.8 Å². The van der Waals surface area contributed by atoms with Gasteiger partial charge in [0.05, 0.1) is 0 Å². The summed E-state index contributed by atoms with van der Waals surface area (Å²) in [5.74, 6) is -0.328. The van der Waals surface area contributed by atoms with E-state index in [1.54, 1.807) is 6.26 Å². The van der Waals surface area contributed by atoms with Crippen LogP contribution in [0.4, 0.5) is 11.9 Å². The number of hydrogen-bond acceptors (Lipinski definition) is 6. The topological polar surface area (TPSA) is 96.9 Å². The van der Waals surface area contributed by atoms with Crippen molar-refractivity contribution in [3.8, 4) is 0 Å². The number of thioether (sulfide) groups is 1. The van der Waals surface area contributed by atoms with Crippen molar-refractivity contribution < 1.29 is 9.59 Å². The Hall–Kier alpha value is -1.70. The van der Waals surface area contributed by atoms with Crippen LogP contribution in [-0.2, 0) is 9.59 Å². The molecule has 0 radical (unpaired) electrons. The Bertz CT molecular complexity index is 389. The van der Waals surface area contributed by atoms with Gasteiger partial charge in [-0.1, -0.05) is 11.8 Å². The second kappa shape index (κ2) is 5.40. The van der Waals surface area contributed by atoms with E-state index in [9.17, 15) is 9.59 Å². The summed E-state index contributed by atoms with van der Waals surface area (Å²) in [5.41, 5.74) is 0. The van der Waals surface area contributed by atoms with Gasteiger partial charge in [-0.05, 0) is 6.26 Å². The quantitative estimate of drug-likeness (QED) is 0.748. The van der Waals surface area contributed by atoms with Crippen LogP contribution in [0.25, 0.3) is 0 Å². The third-order valence-corrected chi connectivity index (χ3v) is 1.92. The molecule has 0 aromatic carbocycles. The maximum Gasteiger partial charge on any atom is 0.235 e. The van der Waals surface area contributed by atoms with Gasteiger partial charge in [0, 0.05) is 13.8 Å². The van der Waals surface area contributed by atoms with Crippen LogP contribution in [0.2, 0.25) is 0 Å². The van der Waals surface area contributed by atoms with E-state index in [0.29, 0.717) is 5.16 Å². The Balaban J connectivity index is 3.00. The lowest BCUT2D eigenvalue weighted by molar-refractivity contribution is -0.115. The minimum atomic E-state index is -0.285. The molecule has 0 saturated heterocycles. The molecule has 0 atom stereocenters. The maximum absolute atomic E-state index is 10.8. The van der Waals surface area contributed by atoms with E-state index < -0.39 is 0 Å². The molecular formula is C8H11N5O2S. The van der Waals surface area contributed by atoms with E-state index in [1.165, 1.54) is 25.6 Å². The van der Waals surface area contributed by atoms with Crippen molar-refractivity contribution in [2.45, 2.75) is 19.0 Å². The molecular weight excluding hydrogens is 230 g/mol. The van der Waals surface area contributed by atoms with Crippen molar-refractivity contribution in [2.75, 3.05) is 16.9 Å². The predicted molar refractivity (Wildman–Crippen MR) is 60.2 cm³/mol. The number of carbonyl (C=O) groups is 2. The summed E-state index contributed by atoms with van der Waals surface area (Å²) >= 11 is 1.29. The predicted octanol–water partition coefficient (Wildman–Crippen LogP) is 0.510. The van der Waals surface area contributed by atoms with Gasteiger partial charge in [0.2, 0.25) is 23.7 Å².